The van der Waals surface area contributed by atoms with Gasteiger partial charge in [-0.2, -0.15) is 0 Å². The minimum Gasteiger partial charge on any atom is -0.489 e. The predicted molar refractivity (Wildman–Crippen MR) is 82.6 cm³/mol. The second kappa shape index (κ2) is 7.50. The molecule has 0 spiro atoms. The summed E-state index contributed by atoms with van der Waals surface area (Å²) in [4.78, 5) is 2.35. The number of morpholine rings is 1. The van der Waals surface area contributed by atoms with Crippen molar-refractivity contribution in [2.75, 3.05) is 37.7 Å². The Morgan fingerprint density at radius 1 is 1.30 bits per heavy atom. The van der Waals surface area contributed by atoms with Gasteiger partial charge in [-0.3, -0.25) is 0 Å². The van der Waals surface area contributed by atoms with Gasteiger partial charge in [0, 0.05) is 19.6 Å². The van der Waals surface area contributed by atoms with Gasteiger partial charge in [-0.05, 0) is 38.1 Å². The second-order valence-corrected chi connectivity index (χ2v) is 5.35. The monoisotopic (exact) mass is 278 g/mol. The lowest BCUT2D eigenvalue weighted by molar-refractivity contribution is 0.122. The Hall–Kier alpha value is -1.26. The first kappa shape index (κ1) is 15.1. The summed E-state index contributed by atoms with van der Waals surface area (Å²) in [5.41, 5.74) is 2.45. The molecule has 1 saturated heterocycles. The van der Waals surface area contributed by atoms with Gasteiger partial charge in [0.15, 0.2) is 0 Å². The van der Waals surface area contributed by atoms with Crippen LogP contribution in [-0.2, 0) is 11.3 Å². The third-order valence-electron chi connectivity index (χ3n) is 3.32. The zero-order chi connectivity index (χ0) is 14.4. The maximum atomic E-state index is 6.01. The third kappa shape index (κ3) is 4.12. The number of nitrogens with one attached hydrogen (secondary N) is 1. The van der Waals surface area contributed by atoms with Crippen molar-refractivity contribution in [3.05, 3.63) is 23.8 Å². The van der Waals surface area contributed by atoms with Crippen molar-refractivity contribution in [3.8, 4) is 5.75 Å². The molecule has 1 aromatic rings. The van der Waals surface area contributed by atoms with Crippen molar-refractivity contribution in [2.24, 2.45) is 0 Å². The maximum absolute atomic E-state index is 6.01. The van der Waals surface area contributed by atoms with E-state index in [1.165, 1.54) is 11.3 Å². The van der Waals surface area contributed by atoms with Crippen molar-refractivity contribution in [1.29, 1.82) is 0 Å². The van der Waals surface area contributed by atoms with Gasteiger partial charge in [0.25, 0.3) is 0 Å². The average Bonchev–Trinajstić information content (AvgIpc) is 2.45. The molecule has 4 heteroatoms. The van der Waals surface area contributed by atoms with Crippen LogP contribution in [0, 0.1) is 0 Å². The van der Waals surface area contributed by atoms with Crippen molar-refractivity contribution in [1.82, 2.24) is 5.32 Å². The fraction of sp³-hybridized carbons (Fsp3) is 0.625. The first-order valence-electron chi connectivity index (χ1n) is 7.53. The molecule has 0 atom stereocenters. The SMILES string of the molecule is CCNCc1ccc(N2CCOCC2)c(OC(C)C)c1. The van der Waals surface area contributed by atoms with Gasteiger partial charge in [0.1, 0.15) is 5.75 Å². The second-order valence-electron chi connectivity index (χ2n) is 5.35. The van der Waals surface area contributed by atoms with Crippen molar-refractivity contribution in [3.63, 3.8) is 0 Å². The Morgan fingerprint density at radius 2 is 2.05 bits per heavy atom. The predicted octanol–water partition coefficient (Wildman–Crippen LogP) is 2.42. The molecule has 20 heavy (non-hydrogen) atoms. The minimum absolute atomic E-state index is 0.184. The molecule has 0 saturated carbocycles. The van der Waals surface area contributed by atoms with E-state index in [1.54, 1.807) is 0 Å². The number of benzene rings is 1. The van der Waals surface area contributed by atoms with E-state index in [0.29, 0.717) is 0 Å². The van der Waals surface area contributed by atoms with Crippen LogP contribution < -0.4 is 15.0 Å². The van der Waals surface area contributed by atoms with Gasteiger partial charge in [-0.1, -0.05) is 13.0 Å². The lowest BCUT2D eigenvalue weighted by Gasteiger charge is -2.31. The van der Waals surface area contributed by atoms with Crippen LogP contribution in [0.25, 0.3) is 0 Å². The molecule has 0 aromatic heterocycles. The van der Waals surface area contributed by atoms with E-state index in [2.05, 4.69) is 49.2 Å². The molecule has 1 fully saturated rings. The summed E-state index contributed by atoms with van der Waals surface area (Å²) in [6, 6.07) is 6.52. The van der Waals surface area contributed by atoms with Crippen molar-refractivity contribution >= 4 is 5.69 Å². The van der Waals surface area contributed by atoms with E-state index in [0.717, 1.165) is 45.1 Å². The summed E-state index contributed by atoms with van der Waals surface area (Å²) in [5.74, 6) is 0.984. The van der Waals surface area contributed by atoms with E-state index >= 15 is 0 Å². The molecule has 1 aromatic carbocycles. The van der Waals surface area contributed by atoms with Crippen molar-refractivity contribution in [2.45, 2.75) is 33.4 Å². The van der Waals surface area contributed by atoms with E-state index in [1.807, 2.05) is 0 Å². The lowest BCUT2D eigenvalue weighted by atomic mass is 10.1. The Labute approximate surface area is 122 Å². The number of anilines is 1. The van der Waals surface area contributed by atoms with Crippen LogP contribution >= 0.6 is 0 Å². The van der Waals surface area contributed by atoms with Crippen LogP contribution in [0.4, 0.5) is 5.69 Å². The summed E-state index contributed by atoms with van der Waals surface area (Å²) >= 11 is 0. The van der Waals surface area contributed by atoms with Gasteiger partial charge >= 0.3 is 0 Å². The number of nitrogens with zero attached hydrogens (tertiary/aromatic N) is 1. The van der Waals surface area contributed by atoms with Gasteiger partial charge in [-0.15, -0.1) is 0 Å². The Morgan fingerprint density at radius 3 is 2.70 bits per heavy atom. The number of ether oxygens (including phenoxy) is 2. The summed E-state index contributed by atoms with van der Waals surface area (Å²) in [5, 5.41) is 3.35. The standard InChI is InChI=1S/C16H26N2O2/c1-4-17-12-14-5-6-15(16(11-14)20-13(2)3)18-7-9-19-10-8-18/h5-6,11,13,17H,4,7-10,12H2,1-3H3. The largest absolute Gasteiger partial charge is 0.489 e. The average molecular weight is 278 g/mol. The summed E-state index contributed by atoms with van der Waals surface area (Å²) in [7, 11) is 0. The van der Waals surface area contributed by atoms with Crippen LogP contribution in [0.1, 0.15) is 26.3 Å². The molecule has 0 bridgehead atoms. The van der Waals surface area contributed by atoms with Gasteiger partial charge in [0.2, 0.25) is 0 Å². The molecule has 0 unspecified atom stereocenters. The fourth-order valence-corrected chi connectivity index (χ4v) is 2.35. The highest BCUT2D eigenvalue weighted by Gasteiger charge is 2.16. The van der Waals surface area contributed by atoms with E-state index in [9.17, 15) is 0 Å². The number of hydrogen-bond donors (Lipinski definition) is 1. The molecule has 1 aliphatic rings. The molecule has 2 rings (SSSR count). The highest BCUT2D eigenvalue weighted by Crippen LogP contribution is 2.31. The van der Waals surface area contributed by atoms with Crippen LogP contribution in [0.3, 0.4) is 0 Å². The zero-order valence-electron chi connectivity index (χ0n) is 12.8. The van der Waals surface area contributed by atoms with E-state index in [-0.39, 0.29) is 6.10 Å². The molecule has 4 nitrogen and oxygen atoms in total. The lowest BCUT2D eigenvalue weighted by Crippen LogP contribution is -2.36. The maximum Gasteiger partial charge on any atom is 0.143 e. The molecular formula is C16H26N2O2. The van der Waals surface area contributed by atoms with Crippen LogP contribution in [0.5, 0.6) is 5.75 Å². The fourth-order valence-electron chi connectivity index (χ4n) is 2.35. The van der Waals surface area contributed by atoms with Gasteiger partial charge in [-0.25, -0.2) is 0 Å². The first-order chi connectivity index (χ1) is 9.70. The topological polar surface area (TPSA) is 33.7 Å². The third-order valence-corrected chi connectivity index (χ3v) is 3.32. The molecule has 0 aliphatic carbocycles. The molecule has 112 valence electrons. The normalized spacial score (nSPS) is 15.7. The molecule has 0 radical (unpaired) electrons. The Balaban J connectivity index is 2.19. The smallest absolute Gasteiger partial charge is 0.143 e. The zero-order valence-corrected chi connectivity index (χ0v) is 12.8. The highest BCUT2D eigenvalue weighted by atomic mass is 16.5. The summed E-state index contributed by atoms with van der Waals surface area (Å²) < 4.78 is 11.4. The summed E-state index contributed by atoms with van der Waals surface area (Å²) in [6.07, 6.45) is 0.184. The molecule has 1 aliphatic heterocycles. The number of rotatable bonds is 6. The van der Waals surface area contributed by atoms with Gasteiger partial charge < -0.3 is 19.7 Å². The van der Waals surface area contributed by atoms with Crippen LogP contribution in [-0.4, -0.2) is 39.0 Å². The minimum atomic E-state index is 0.184. The quantitative estimate of drug-likeness (QED) is 0.866. The Bertz CT molecular complexity index is 415. The molecular weight excluding hydrogens is 252 g/mol. The first-order valence-corrected chi connectivity index (χ1v) is 7.53. The number of hydrogen-bond acceptors (Lipinski definition) is 4. The summed E-state index contributed by atoms with van der Waals surface area (Å²) in [6.45, 7) is 11.6. The molecule has 0 amide bonds. The van der Waals surface area contributed by atoms with Crippen LogP contribution in [0.15, 0.2) is 18.2 Å². The van der Waals surface area contributed by atoms with Crippen molar-refractivity contribution < 1.29 is 9.47 Å². The van der Waals surface area contributed by atoms with Gasteiger partial charge in [0.05, 0.1) is 25.0 Å². The molecule has 1 heterocycles. The molecule has 1 N–H and O–H groups in total. The Kier molecular flexibility index (Phi) is 5.68. The highest BCUT2D eigenvalue weighted by molar-refractivity contribution is 5.60. The van der Waals surface area contributed by atoms with E-state index < -0.39 is 0 Å². The van der Waals surface area contributed by atoms with Crippen LogP contribution in [0.2, 0.25) is 0 Å². The van der Waals surface area contributed by atoms with E-state index in [4.69, 9.17) is 9.47 Å².